The highest BCUT2D eigenvalue weighted by Gasteiger charge is 2.27. The van der Waals surface area contributed by atoms with E-state index in [1.165, 1.54) is 5.56 Å². The third-order valence-corrected chi connectivity index (χ3v) is 5.37. The molecule has 0 radical (unpaired) electrons. The quantitative estimate of drug-likeness (QED) is 0.853. The Hall–Kier alpha value is -1.66. The minimum absolute atomic E-state index is 0.0455. The van der Waals surface area contributed by atoms with Gasteiger partial charge in [0.1, 0.15) is 5.69 Å². The molecule has 1 saturated heterocycles. The molecule has 1 N–H and O–H groups in total. The molecule has 0 bridgehead atoms. The average Bonchev–Trinajstić information content (AvgIpc) is 3.13. The summed E-state index contributed by atoms with van der Waals surface area (Å²) in [6.45, 7) is 7.41. The molecular formula is C18H23BrN4O. The molecule has 5 nitrogen and oxygen atoms in total. The first-order valence-corrected chi connectivity index (χ1v) is 9.17. The normalized spacial score (nSPS) is 18.0. The molecule has 1 aliphatic heterocycles. The molecule has 128 valence electrons. The van der Waals surface area contributed by atoms with Crippen LogP contribution in [0.5, 0.6) is 0 Å². The number of carbonyl (C=O) groups excluding carboxylic acids is 1. The Morgan fingerprint density at radius 3 is 2.83 bits per heavy atom. The van der Waals surface area contributed by atoms with E-state index in [2.05, 4.69) is 55.5 Å². The second kappa shape index (κ2) is 7.49. The van der Waals surface area contributed by atoms with Crippen molar-refractivity contribution in [3.63, 3.8) is 0 Å². The third-order valence-electron chi connectivity index (χ3n) is 4.43. The van der Waals surface area contributed by atoms with Crippen LogP contribution in [-0.4, -0.2) is 39.7 Å². The van der Waals surface area contributed by atoms with Crippen LogP contribution in [0.1, 0.15) is 35.1 Å². The van der Waals surface area contributed by atoms with Gasteiger partial charge in [0.25, 0.3) is 5.91 Å². The van der Waals surface area contributed by atoms with Crippen molar-refractivity contribution in [1.29, 1.82) is 0 Å². The minimum Gasteiger partial charge on any atom is -0.347 e. The standard InChI is InChI=1S/C18H23BrN4O/c1-3-23-17(16(19)13(2)21-23)18(24)20-15-9-10-22(12-15)11-14-7-5-4-6-8-14/h4-8,15H,3,9-12H2,1-2H3,(H,20,24). The van der Waals surface area contributed by atoms with Crippen molar-refractivity contribution in [1.82, 2.24) is 20.0 Å². The fraction of sp³-hybridized carbons (Fsp3) is 0.444. The van der Waals surface area contributed by atoms with E-state index >= 15 is 0 Å². The summed E-state index contributed by atoms with van der Waals surface area (Å²) in [4.78, 5) is 15.0. The molecule has 2 heterocycles. The topological polar surface area (TPSA) is 50.2 Å². The van der Waals surface area contributed by atoms with Gasteiger partial charge in [-0.3, -0.25) is 14.4 Å². The molecule has 1 unspecified atom stereocenters. The number of aryl methyl sites for hydroxylation is 2. The lowest BCUT2D eigenvalue weighted by Gasteiger charge is -2.17. The third kappa shape index (κ3) is 3.70. The highest BCUT2D eigenvalue weighted by Crippen LogP contribution is 2.22. The number of halogens is 1. The average molecular weight is 391 g/mol. The van der Waals surface area contributed by atoms with E-state index in [0.717, 1.165) is 36.2 Å². The Morgan fingerprint density at radius 2 is 2.12 bits per heavy atom. The van der Waals surface area contributed by atoms with Crippen molar-refractivity contribution in [2.75, 3.05) is 13.1 Å². The van der Waals surface area contributed by atoms with Gasteiger partial charge in [0.15, 0.2) is 0 Å². The first kappa shape index (κ1) is 17.2. The largest absolute Gasteiger partial charge is 0.347 e. The van der Waals surface area contributed by atoms with Crippen LogP contribution in [0.25, 0.3) is 0 Å². The van der Waals surface area contributed by atoms with Crippen molar-refractivity contribution < 1.29 is 4.79 Å². The van der Waals surface area contributed by atoms with Crippen LogP contribution >= 0.6 is 15.9 Å². The maximum absolute atomic E-state index is 12.7. The fourth-order valence-electron chi connectivity index (χ4n) is 3.19. The predicted molar refractivity (Wildman–Crippen MR) is 97.9 cm³/mol. The minimum atomic E-state index is -0.0455. The Kier molecular flexibility index (Phi) is 5.36. The molecule has 0 spiro atoms. The van der Waals surface area contributed by atoms with Gasteiger partial charge in [-0.1, -0.05) is 30.3 Å². The summed E-state index contributed by atoms with van der Waals surface area (Å²) < 4.78 is 2.55. The number of hydrogen-bond donors (Lipinski definition) is 1. The maximum Gasteiger partial charge on any atom is 0.271 e. The van der Waals surface area contributed by atoms with Crippen LogP contribution < -0.4 is 5.32 Å². The molecular weight excluding hydrogens is 368 g/mol. The van der Waals surface area contributed by atoms with Crippen LogP contribution in [0.4, 0.5) is 0 Å². The van der Waals surface area contributed by atoms with Gasteiger partial charge in [0, 0.05) is 32.2 Å². The fourth-order valence-corrected chi connectivity index (χ4v) is 3.66. The molecule has 1 aromatic heterocycles. The number of nitrogens with one attached hydrogen (secondary N) is 1. The molecule has 1 fully saturated rings. The van der Waals surface area contributed by atoms with Gasteiger partial charge in [-0.15, -0.1) is 0 Å². The van der Waals surface area contributed by atoms with E-state index in [-0.39, 0.29) is 11.9 Å². The van der Waals surface area contributed by atoms with Crippen LogP contribution in [-0.2, 0) is 13.1 Å². The predicted octanol–water partition coefficient (Wildman–Crippen LogP) is 2.98. The molecule has 6 heteroatoms. The van der Waals surface area contributed by atoms with Crippen LogP contribution in [0, 0.1) is 6.92 Å². The number of nitrogens with zero attached hydrogens (tertiary/aromatic N) is 3. The first-order chi connectivity index (χ1) is 11.6. The number of carbonyl (C=O) groups is 1. The van der Waals surface area contributed by atoms with Gasteiger partial charge in [0.2, 0.25) is 0 Å². The Labute approximate surface area is 151 Å². The first-order valence-electron chi connectivity index (χ1n) is 8.38. The molecule has 0 aliphatic carbocycles. The number of aromatic nitrogens is 2. The molecule has 1 atom stereocenters. The Morgan fingerprint density at radius 1 is 1.38 bits per heavy atom. The SMILES string of the molecule is CCn1nc(C)c(Br)c1C(=O)NC1CCN(Cc2ccccc2)C1. The van der Waals surface area contributed by atoms with Crippen LogP contribution in [0.3, 0.4) is 0 Å². The second-order valence-corrected chi connectivity index (χ2v) is 7.04. The number of likely N-dealkylation sites (tertiary alicyclic amines) is 1. The zero-order chi connectivity index (χ0) is 17.1. The lowest BCUT2D eigenvalue weighted by molar-refractivity contribution is 0.0926. The van der Waals surface area contributed by atoms with Gasteiger partial charge in [0.05, 0.1) is 10.2 Å². The smallest absolute Gasteiger partial charge is 0.271 e. The van der Waals surface area contributed by atoms with Gasteiger partial charge in [-0.25, -0.2) is 0 Å². The van der Waals surface area contributed by atoms with Gasteiger partial charge < -0.3 is 5.32 Å². The van der Waals surface area contributed by atoms with Gasteiger partial charge in [-0.2, -0.15) is 5.10 Å². The van der Waals surface area contributed by atoms with E-state index in [0.29, 0.717) is 12.2 Å². The Balaban J connectivity index is 1.60. The van der Waals surface area contributed by atoms with Crippen molar-refractivity contribution in [3.05, 3.63) is 51.8 Å². The number of hydrogen-bond acceptors (Lipinski definition) is 3. The molecule has 24 heavy (non-hydrogen) atoms. The monoisotopic (exact) mass is 390 g/mol. The molecule has 1 amide bonds. The highest BCUT2D eigenvalue weighted by atomic mass is 79.9. The number of rotatable bonds is 5. The summed E-state index contributed by atoms with van der Waals surface area (Å²) >= 11 is 3.49. The van der Waals surface area contributed by atoms with E-state index in [4.69, 9.17) is 0 Å². The summed E-state index contributed by atoms with van der Waals surface area (Å²) in [6.07, 6.45) is 0.982. The number of amides is 1. The summed E-state index contributed by atoms with van der Waals surface area (Å²) in [5.74, 6) is -0.0455. The summed E-state index contributed by atoms with van der Waals surface area (Å²) in [5.41, 5.74) is 2.78. The lowest BCUT2D eigenvalue weighted by Crippen LogP contribution is -2.38. The van der Waals surface area contributed by atoms with E-state index < -0.39 is 0 Å². The lowest BCUT2D eigenvalue weighted by atomic mass is 10.2. The van der Waals surface area contributed by atoms with Crippen molar-refractivity contribution in [2.24, 2.45) is 0 Å². The molecule has 3 rings (SSSR count). The molecule has 1 aliphatic rings. The van der Waals surface area contributed by atoms with E-state index in [1.54, 1.807) is 4.68 Å². The van der Waals surface area contributed by atoms with E-state index in [9.17, 15) is 4.79 Å². The zero-order valence-electron chi connectivity index (χ0n) is 14.1. The highest BCUT2D eigenvalue weighted by molar-refractivity contribution is 9.10. The van der Waals surface area contributed by atoms with Gasteiger partial charge in [-0.05, 0) is 41.8 Å². The van der Waals surface area contributed by atoms with Crippen LogP contribution in [0.2, 0.25) is 0 Å². The molecule has 1 aromatic carbocycles. The van der Waals surface area contributed by atoms with Gasteiger partial charge >= 0.3 is 0 Å². The van der Waals surface area contributed by atoms with Crippen LogP contribution in [0.15, 0.2) is 34.8 Å². The molecule has 2 aromatic rings. The van der Waals surface area contributed by atoms with Crippen molar-refractivity contribution in [2.45, 2.75) is 39.4 Å². The molecule has 0 saturated carbocycles. The second-order valence-electron chi connectivity index (χ2n) is 6.24. The summed E-state index contributed by atoms with van der Waals surface area (Å²) in [6, 6.07) is 10.6. The Bertz CT molecular complexity index is 713. The van der Waals surface area contributed by atoms with E-state index in [1.807, 2.05) is 19.9 Å². The van der Waals surface area contributed by atoms with Crippen molar-refractivity contribution in [3.8, 4) is 0 Å². The zero-order valence-corrected chi connectivity index (χ0v) is 15.7. The number of benzene rings is 1. The van der Waals surface area contributed by atoms with Crippen molar-refractivity contribution >= 4 is 21.8 Å². The maximum atomic E-state index is 12.7. The summed E-state index contributed by atoms with van der Waals surface area (Å²) in [7, 11) is 0. The summed E-state index contributed by atoms with van der Waals surface area (Å²) in [5, 5.41) is 7.56.